The molecule has 0 saturated heterocycles. The Labute approximate surface area is 204 Å². The van der Waals surface area contributed by atoms with Crippen molar-refractivity contribution in [2.24, 2.45) is 16.2 Å². The lowest BCUT2D eigenvalue weighted by Crippen LogP contribution is -2.47. The van der Waals surface area contributed by atoms with Gasteiger partial charge in [-0.15, -0.1) is 0 Å². The van der Waals surface area contributed by atoms with Gasteiger partial charge in [0.2, 0.25) is 5.91 Å². The first-order chi connectivity index (χ1) is 15.7. The minimum atomic E-state index is -0.985. The molecule has 0 radical (unpaired) electrons. The Balaban J connectivity index is 3.07. The summed E-state index contributed by atoms with van der Waals surface area (Å²) in [6.07, 6.45) is 3.28. The van der Waals surface area contributed by atoms with E-state index in [1.807, 2.05) is 27.7 Å². The largest absolute Gasteiger partial charge is 0.504 e. The van der Waals surface area contributed by atoms with Gasteiger partial charge in [0.25, 0.3) is 0 Å². The van der Waals surface area contributed by atoms with Crippen LogP contribution in [0.15, 0.2) is 18.2 Å². The molecule has 0 aliphatic heterocycles. The number of Topliss-reactive ketones (excluding diaryl/α,β-unsaturated/α-hetero) is 1. The lowest BCUT2D eigenvalue weighted by molar-refractivity contribution is -0.157. The fourth-order valence-corrected chi connectivity index (χ4v) is 4.39. The Morgan fingerprint density at radius 3 is 2.15 bits per heavy atom. The first kappa shape index (κ1) is 29.5. The number of ketones is 1. The van der Waals surface area contributed by atoms with E-state index in [0.717, 1.165) is 18.4 Å². The van der Waals surface area contributed by atoms with E-state index in [4.69, 9.17) is 4.74 Å². The number of benzene rings is 1. The molecular formula is C27H43NO6. The van der Waals surface area contributed by atoms with Crippen molar-refractivity contribution in [1.29, 1.82) is 0 Å². The number of hydrogen-bond acceptors (Lipinski definition) is 6. The molecule has 3 N–H and O–H groups in total. The number of phenols is 2. The minimum absolute atomic E-state index is 0.0110. The highest BCUT2D eigenvalue weighted by Crippen LogP contribution is 2.45. The lowest BCUT2D eigenvalue weighted by atomic mass is 9.63. The van der Waals surface area contributed by atoms with E-state index in [1.165, 1.54) is 12.1 Å². The summed E-state index contributed by atoms with van der Waals surface area (Å²) in [7, 11) is 0. The van der Waals surface area contributed by atoms with Crippen LogP contribution in [0.25, 0.3) is 0 Å². The Hall–Kier alpha value is -2.57. The third-order valence-corrected chi connectivity index (χ3v) is 6.81. The van der Waals surface area contributed by atoms with Gasteiger partial charge in [-0.1, -0.05) is 40.2 Å². The molecule has 2 unspecified atom stereocenters. The second-order valence-electron chi connectivity index (χ2n) is 10.6. The Morgan fingerprint density at radius 2 is 1.62 bits per heavy atom. The lowest BCUT2D eigenvalue weighted by Gasteiger charge is -2.40. The van der Waals surface area contributed by atoms with Crippen LogP contribution < -0.4 is 5.32 Å². The van der Waals surface area contributed by atoms with E-state index in [0.29, 0.717) is 32.4 Å². The first-order valence-corrected chi connectivity index (χ1v) is 12.2. The molecule has 0 fully saturated rings. The number of carbonyl (C=O) groups excluding carboxylic acids is 3. The summed E-state index contributed by atoms with van der Waals surface area (Å²) >= 11 is 0. The van der Waals surface area contributed by atoms with E-state index in [2.05, 4.69) is 5.32 Å². The summed E-state index contributed by atoms with van der Waals surface area (Å²) in [5.74, 6) is -0.975. The van der Waals surface area contributed by atoms with Crippen molar-refractivity contribution < 1.29 is 29.3 Å². The molecule has 2 atom stereocenters. The number of hydrogen-bond donors (Lipinski definition) is 3. The molecule has 34 heavy (non-hydrogen) atoms. The number of amides is 1. The average molecular weight is 478 g/mol. The third kappa shape index (κ3) is 8.03. The highest BCUT2D eigenvalue weighted by atomic mass is 16.5. The molecule has 0 heterocycles. The standard InChI is InChI=1S/C27H43NO6/c1-8-10-15-34-24(33)25(4,5)17-27(7,18-26(6,9-2)19(3)29)23(32)28-14-13-20-11-12-21(30)22(31)16-20/h11-12,16,30-31H,8-10,13-15,17-18H2,1-7H3,(H,28,32). The number of aromatic hydroxyl groups is 2. The fraction of sp³-hybridized carbons (Fsp3) is 0.667. The zero-order valence-electron chi connectivity index (χ0n) is 21.9. The number of esters is 1. The van der Waals surface area contributed by atoms with E-state index >= 15 is 0 Å². The summed E-state index contributed by atoms with van der Waals surface area (Å²) in [5.41, 5.74) is -1.83. The summed E-state index contributed by atoms with van der Waals surface area (Å²) in [4.78, 5) is 38.8. The molecule has 1 amide bonds. The summed E-state index contributed by atoms with van der Waals surface area (Å²) < 4.78 is 5.45. The van der Waals surface area contributed by atoms with Gasteiger partial charge < -0.3 is 20.3 Å². The molecule has 0 bridgehead atoms. The zero-order chi connectivity index (χ0) is 26.2. The van der Waals surface area contributed by atoms with E-state index in [1.54, 1.807) is 26.8 Å². The van der Waals surface area contributed by atoms with Crippen LogP contribution in [0.2, 0.25) is 0 Å². The molecule has 7 nitrogen and oxygen atoms in total. The molecule has 192 valence electrons. The fourth-order valence-electron chi connectivity index (χ4n) is 4.39. The van der Waals surface area contributed by atoms with Crippen LogP contribution in [0.4, 0.5) is 0 Å². The minimum Gasteiger partial charge on any atom is -0.504 e. The van der Waals surface area contributed by atoms with Crippen molar-refractivity contribution in [3.63, 3.8) is 0 Å². The SMILES string of the molecule is CCCCOC(=O)C(C)(C)CC(C)(CC(C)(CC)C(C)=O)C(=O)NCCc1ccc(O)c(O)c1. The normalized spacial score (nSPS) is 15.1. The second-order valence-corrected chi connectivity index (χ2v) is 10.6. The Bertz CT molecular complexity index is 865. The number of ether oxygens (including phenoxy) is 1. The molecule has 0 aromatic heterocycles. The number of nitrogens with one attached hydrogen (secondary N) is 1. The molecule has 1 aromatic rings. The zero-order valence-corrected chi connectivity index (χ0v) is 21.9. The molecule has 0 aliphatic carbocycles. The van der Waals surface area contributed by atoms with Crippen LogP contribution >= 0.6 is 0 Å². The maximum atomic E-state index is 13.5. The van der Waals surface area contributed by atoms with Gasteiger partial charge in [-0.3, -0.25) is 14.4 Å². The first-order valence-electron chi connectivity index (χ1n) is 12.2. The summed E-state index contributed by atoms with van der Waals surface area (Å²) in [6.45, 7) is 13.4. The van der Waals surface area contributed by atoms with Gasteiger partial charge >= 0.3 is 5.97 Å². The van der Waals surface area contributed by atoms with Gasteiger partial charge in [0, 0.05) is 17.4 Å². The maximum absolute atomic E-state index is 13.5. The van der Waals surface area contributed by atoms with Gasteiger partial charge in [0.1, 0.15) is 5.78 Å². The molecule has 0 saturated carbocycles. The van der Waals surface area contributed by atoms with Crippen LogP contribution in [0.5, 0.6) is 11.5 Å². The van der Waals surface area contributed by atoms with Crippen LogP contribution in [0.3, 0.4) is 0 Å². The molecule has 0 aliphatic rings. The maximum Gasteiger partial charge on any atom is 0.311 e. The van der Waals surface area contributed by atoms with Gasteiger partial charge in [0.05, 0.1) is 12.0 Å². The highest BCUT2D eigenvalue weighted by molar-refractivity contribution is 5.87. The van der Waals surface area contributed by atoms with Crippen LogP contribution in [0, 0.1) is 16.2 Å². The van der Waals surface area contributed by atoms with Crippen molar-refractivity contribution in [3.05, 3.63) is 23.8 Å². The molecule has 1 rings (SSSR count). The van der Waals surface area contributed by atoms with Crippen LogP contribution in [-0.2, 0) is 25.5 Å². The van der Waals surface area contributed by atoms with Gasteiger partial charge in [0.15, 0.2) is 11.5 Å². The highest BCUT2D eigenvalue weighted by Gasteiger charge is 2.47. The number of phenolic OH excluding ortho intramolecular Hbond substituents is 2. The molecule has 1 aromatic carbocycles. The van der Waals surface area contributed by atoms with Crippen molar-refractivity contribution in [3.8, 4) is 11.5 Å². The van der Waals surface area contributed by atoms with Gasteiger partial charge in [-0.25, -0.2) is 0 Å². The molecular weight excluding hydrogens is 434 g/mol. The topological polar surface area (TPSA) is 113 Å². The second kappa shape index (κ2) is 12.2. The monoisotopic (exact) mass is 477 g/mol. The van der Waals surface area contributed by atoms with E-state index in [-0.39, 0.29) is 35.6 Å². The average Bonchev–Trinajstić information content (AvgIpc) is 2.75. The molecule has 7 heteroatoms. The predicted molar refractivity (Wildman–Crippen MR) is 133 cm³/mol. The quantitative estimate of drug-likeness (QED) is 0.199. The predicted octanol–water partition coefficient (Wildman–Crippen LogP) is 4.92. The van der Waals surface area contributed by atoms with E-state index < -0.39 is 16.2 Å². The number of unbranched alkanes of at least 4 members (excludes halogenated alkanes) is 1. The van der Waals surface area contributed by atoms with Gasteiger partial charge in [-0.05, 0) is 70.6 Å². The Morgan fingerprint density at radius 1 is 0.971 bits per heavy atom. The third-order valence-electron chi connectivity index (χ3n) is 6.81. The number of rotatable bonds is 14. The van der Waals surface area contributed by atoms with Crippen molar-refractivity contribution in [1.82, 2.24) is 5.32 Å². The van der Waals surface area contributed by atoms with Crippen LogP contribution in [0.1, 0.15) is 86.1 Å². The smallest absolute Gasteiger partial charge is 0.311 e. The van der Waals surface area contributed by atoms with Crippen molar-refractivity contribution in [2.75, 3.05) is 13.2 Å². The number of carbonyl (C=O) groups is 3. The van der Waals surface area contributed by atoms with Crippen molar-refractivity contribution >= 4 is 17.7 Å². The van der Waals surface area contributed by atoms with Crippen molar-refractivity contribution in [2.45, 2.75) is 87.0 Å². The molecule has 0 spiro atoms. The van der Waals surface area contributed by atoms with Gasteiger partial charge in [-0.2, -0.15) is 0 Å². The summed E-state index contributed by atoms with van der Waals surface area (Å²) in [6, 6.07) is 4.54. The van der Waals surface area contributed by atoms with Crippen LogP contribution in [-0.4, -0.2) is 41.0 Å². The van der Waals surface area contributed by atoms with E-state index in [9.17, 15) is 24.6 Å². The Kier molecular flexibility index (Phi) is 10.6. The summed E-state index contributed by atoms with van der Waals surface area (Å²) in [5, 5.41) is 22.1.